The highest BCUT2D eigenvalue weighted by molar-refractivity contribution is 5.67. The number of hydrogen-bond acceptors (Lipinski definition) is 4. The highest BCUT2D eigenvalue weighted by Crippen LogP contribution is 2.29. The van der Waals surface area contributed by atoms with Crippen molar-refractivity contribution in [1.82, 2.24) is 14.0 Å². The largest absolute Gasteiger partial charge is 0.494 e. The molecule has 0 fully saturated rings. The van der Waals surface area contributed by atoms with E-state index in [1.807, 2.05) is 32.8 Å². The maximum atomic E-state index is 15.3. The Hall–Kier alpha value is -3.33. The number of ether oxygens (including phenoxy) is 1. The molecule has 1 aromatic heterocycles. The molecule has 2 aromatic carbocycles. The van der Waals surface area contributed by atoms with E-state index in [9.17, 15) is 18.4 Å². The minimum atomic E-state index is -0.823. The molecule has 0 saturated carbocycles. The molecule has 6 nitrogen and oxygen atoms in total. The van der Waals surface area contributed by atoms with E-state index in [1.54, 1.807) is 0 Å². The number of likely N-dealkylation sites (N-methyl/N-ethyl adjacent to an activating group) is 1. The molecule has 0 aliphatic heterocycles. The topological polar surface area (TPSA) is 56.5 Å². The molecule has 3 rings (SSSR count). The molecule has 0 bridgehead atoms. The maximum Gasteiger partial charge on any atom is 0.331 e. The number of methoxy groups -OCH3 is 1. The predicted molar refractivity (Wildman–Crippen MR) is 129 cm³/mol. The fraction of sp³-hybridized carbons (Fsp3) is 0.385. The second-order valence-electron chi connectivity index (χ2n) is 9.04. The first-order chi connectivity index (χ1) is 16.5. The lowest BCUT2D eigenvalue weighted by Crippen LogP contribution is -2.48. The van der Waals surface area contributed by atoms with Crippen LogP contribution in [0.5, 0.6) is 5.75 Å². The van der Waals surface area contributed by atoms with Crippen molar-refractivity contribution >= 4 is 0 Å². The molecule has 1 atom stereocenters. The molecule has 0 saturated heterocycles. The lowest BCUT2D eigenvalue weighted by Gasteiger charge is -2.29. The third-order valence-electron chi connectivity index (χ3n) is 6.32. The van der Waals surface area contributed by atoms with Gasteiger partial charge in [0, 0.05) is 29.4 Å². The Morgan fingerprint density at radius 1 is 0.971 bits per heavy atom. The number of hydrogen-bond donors (Lipinski definition) is 0. The van der Waals surface area contributed by atoms with Gasteiger partial charge in [0.1, 0.15) is 11.6 Å². The van der Waals surface area contributed by atoms with Crippen molar-refractivity contribution in [1.29, 1.82) is 0 Å². The zero-order chi connectivity index (χ0) is 26.0. The molecule has 0 spiro atoms. The van der Waals surface area contributed by atoms with Crippen LogP contribution in [0, 0.1) is 30.3 Å². The summed E-state index contributed by atoms with van der Waals surface area (Å²) in [5.74, 6) is -2.41. The van der Waals surface area contributed by atoms with Crippen LogP contribution in [0.15, 0.2) is 46.0 Å². The Kier molecular flexibility index (Phi) is 7.90. The summed E-state index contributed by atoms with van der Waals surface area (Å²) in [4.78, 5) is 29.1. The van der Waals surface area contributed by atoms with Crippen LogP contribution in [-0.4, -0.2) is 41.3 Å². The molecule has 0 amide bonds. The third-order valence-corrected chi connectivity index (χ3v) is 6.32. The van der Waals surface area contributed by atoms with Crippen molar-refractivity contribution in [2.24, 2.45) is 5.92 Å². The van der Waals surface area contributed by atoms with E-state index in [0.29, 0.717) is 0 Å². The third kappa shape index (κ3) is 5.05. The lowest BCUT2D eigenvalue weighted by atomic mass is 10.0. The van der Waals surface area contributed by atoms with Gasteiger partial charge in [0.25, 0.3) is 5.56 Å². The van der Waals surface area contributed by atoms with Crippen molar-refractivity contribution in [2.45, 2.75) is 39.9 Å². The summed E-state index contributed by atoms with van der Waals surface area (Å²) in [7, 11) is 4.97. The zero-order valence-corrected chi connectivity index (χ0v) is 20.7. The quantitative estimate of drug-likeness (QED) is 0.479. The number of rotatable bonds is 8. The van der Waals surface area contributed by atoms with Crippen LogP contribution in [0.3, 0.4) is 0 Å². The van der Waals surface area contributed by atoms with Gasteiger partial charge in [-0.15, -0.1) is 0 Å². The minimum Gasteiger partial charge on any atom is -0.494 e. The molecular weight excluding hydrogens is 459 g/mol. The van der Waals surface area contributed by atoms with E-state index in [0.717, 1.165) is 21.3 Å². The minimum absolute atomic E-state index is 0.0148. The normalized spacial score (nSPS) is 12.4. The van der Waals surface area contributed by atoms with Gasteiger partial charge in [-0.25, -0.2) is 18.0 Å². The van der Waals surface area contributed by atoms with Gasteiger partial charge in [-0.05, 0) is 45.1 Å². The Balaban J connectivity index is 2.37. The Morgan fingerprint density at radius 2 is 1.57 bits per heavy atom. The van der Waals surface area contributed by atoms with Crippen LogP contribution >= 0.6 is 0 Å². The Bertz CT molecular complexity index is 1320. The van der Waals surface area contributed by atoms with Gasteiger partial charge in [-0.1, -0.05) is 32.0 Å². The fourth-order valence-corrected chi connectivity index (χ4v) is 4.32. The van der Waals surface area contributed by atoms with Gasteiger partial charge in [0.15, 0.2) is 11.6 Å². The Morgan fingerprint density at radius 3 is 2.11 bits per heavy atom. The van der Waals surface area contributed by atoms with Crippen LogP contribution in [0.2, 0.25) is 0 Å². The Labute approximate surface area is 202 Å². The number of nitrogens with zero attached hydrogens (tertiary/aromatic N) is 3. The summed E-state index contributed by atoms with van der Waals surface area (Å²) in [6.45, 7) is 4.93. The molecule has 0 N–H and O–H groups in total. The summed E-state index contributed by atoms with van der Waals surface area (Å²) in [5.41, 5.74) is -1.77. The summed E-state index contributed by atoms with van der Waals surface area (Å²) >= 11 is 0. The van der Waals surface area contributed by atoms with Crippen LogP contribution in [0.4, 0.5) is 13.2 Å². The van der Waals surface area contributed by atoms with E-state index in [1.165, 1.54) is 38.3 Å². The average molecular weight is 490 g/mol. The molecule has 0 aliphatic rings. The standard InChI is InChI=1S/C26H30F3N3O3/c1-15(2)21(30(4)5)14-32-25(33)23(17-9-7-12-22(35-6)24(17)29)16(3)31(26(32)34)13-18-19(27)10-8-11-20(18)28/h7-12,15,21H,13-14H2,1-6H3/t21-/m1/s1. The van der Waals surface area contributed by atoms with E-state index >= 15 is 4.39 Å². The van der Waals surface area contributed by atoms with Crippen LogP contribution < -0.4 is 16.0 Å². The van der Waals surface area contributed by atoms with E-state index in [2.05, 4.69) is 0 Å². The van der Waals surface area contributed by atoms with Gasteiger partial charge in [0.2, 0.25) is 0 Å². The molecule has 0 aliphatic carbocycles. The maximum absolute atomic E-state index is 15.3. The summed E-state index contributed by atoms with van der Waals surface area (Å²) in [6.07, 6.45) is 0. The van der Waals surface area contributed by atoms with Crippen molar-refractivity contribution in [3.8, 4) is 16.9 Å². The van der Waals surface area contributed by atoms with Gasteiger partial charge in [-0.3, -0.25) is 13.9 Å². The van der Waals surface area contributed by atoms with E-state index in [-0.39, 0.29) is 46.6 Å². The summed E-state index contributed by atoms with van der Waals surface area (Å²) in [6, 6.07) is 7.57. The average Bonchev–Trinajstić information content (AvgIpc) is 2.79. The molecular formula is C26H30F3N3O3. The van der Waals surface area contributed by atoms with Crippen molar-refractivity contribution in [3.05, 3.63) is 85.9 Å². The molecule has 9 heteroatoms. The van der Waals surface area contributed by atoms with Gasteiger partial charge in [0.05, 0.1) is 19.2 Å². The van der Waals surface area contributed by atoms with Crippen molar-refractivity contribution < 1.29 is 17.9 Å². The monoisotopic (exact) mass is 489 g/mol. The fourth-order valence-electron chi connectivity index (χ4n) is 4.32. The van der Waals surface area contributed by atoms with Crippen molar-refractivity contribution in [2.75, 3.05) is 21.2 Å². The summed E-state index contributed by atoms with van der Waals surface area (Å²) < 4.78 is 51.4. The second kappa shape index (κ2) is 10.5. The highest BCUT2D eigenvalue weighted by Gasteiger charge is 2.26. The highest BCUT2D eigenvalue weighted by atomic mass is 19.1. The number of aromatic nitrogens is 2. The zero-order valence-electron chi connectivity index (χ0n) is 20.7. The van der Waals surface area contributed by atoms with Crippen molar-refractivity contribution in [3.63, 3.8) is 0 Å². The van der Waals surface area contributed by atoms with E-state index in [4.69, 9.17) is 4.74 Å². The number of halogens is 3. The molecule has 3 aromatic rings. The smallest absolute Gasteiger partial charge is 0.331 e. The first-order valence-corrected chi connectivity index (χ1v) is 11.3. The molecule has 35 heavy (non-hydrogen) atoms. The summed E-state index contributed by atoms with van der Waals surface area (Å²) in [5, 5.41) is 0. The second-order valence-corrected chi connectivity index (χ2v) is 9.04. The van der Waals surface area contributed by atoms with Crippen LogP contribution in [-0.2, 0) is 13.1 Å². The molecule has 0 unspecified atom stereocenters. The van der Waals surface area contributed by atoms with Gasteiger partial charge < -0.3 is 9.64 Å². The van der Waals surface area contributed by atoms with Gasteiger partial charge >= 0.3 is 5.69 Å². The number of benzene rings is 2. The molecule has 0 radical (unpaired) electrons. The predicted octanol–water partition coefficient (Wildman–Crippen LogP) is 4.05. The molecule has 188 valence electrons. The SMILES string of the molecule is COc1cccc(-c2c(C)n(Cc3c(F)cccc3F)c(=O)n(C[C@H](C(C)C)N(C)C)c2=O)c1F. The van der Waals surface area contributed by atoms with Crippen LogP contribution in [0.25, 0.3) is 11.1 Å². The lowest BCUT2D eigenvalue weighted by molar-refractivity contribution is 0.201. The molecule has 1 heterocycles. The first-order valence-electron chi connectivity index (χ1n) is 11.3. The van der Waals surface area contributed by atoms with Crippen LogP contribution in [0.1, 0.15) is 25.1 Å². The van der Waals surface area contributed by atoms with E-state index < -0.39 is 35.2 Å². The first kappa shape index (κ1) is 26.3. The van der Waals surface area contributed by atoms with Gasteiger partial charge in [-0.2, -0.15) is 0 Å².